The molecule has 0 fully saturated rings. The summed E-state index contributed by atoms with van der Waals surface area (Å²) < 4.78 is 0. The Morgan fingerprint density at radius 2 is 0.200 bits per heavy atom. The largest absolute Gasteiger partial charge is 0.0537 e. The van der Waals surface area contributed by atoms with Gasteiger partial charge in [0.05, 0.1) is 0 Å². The first kappa shape index (κ1) is 21.7. The van der Waals surface area contributed by atoms with Gasteiger partial charge in [-0.05, 0) is 135 Å². The average molecular weight is 505 g/mol. The molecule has 20 rings (SSSR count). The van der Waals surface area contributed by atoms with E-state index in [0.717, 1.165) is 0 Å². The van der Waals surface area contributed by atoms with E-state index in [2.05, 4.69) is 146 Å². The minimum Gasteiger partial charge on any atom is -0.0537 e. The van der Waals surface area contributed by atoms with Gasteiger partial charge in [0.1, 0.15) is 0 Å². The first-order chi connectivity index (χ1) is 19.7. The van der Waals surface area contributed by atoms with Gasteiger partial charge in [0.15, 0.2) is 0 Å². The number of hydrogen-bond acceptors (Lipinski definition) is 0. The van der Waals surface area contributed by atoms with E-state index >= 15 is 0 Å². The van der Waals surface area contributed by atoms with Crippen LogP contribution in [0.1, 0.15) is 0 Å². The van der Waals surface area contributed by atoms with Gasteiger partial charge >= 0.3 is 0 Å². The van der Waals surface area contributed by atoms with Crippen molar-refractivity contribution in [3.8, 4) is 0 Å². The van der Waals surface area contributed by atoms with Crippen LogP contribution in [0.25, 0.3) is 86.2 Å². The summed E-state index contributed by atoms with van der Waals surface area (Å²) in [4.78, 5) is 0. The maximum atomic E-state index is 2.33. The third-order valence-corrected chi connectivity index (χ3v) is 8.69. The van der Waals surface area contributed by atoms with E-state index in [4.69, 9.17) is 0 Å². The van der Waals surface area contributed by atoms with Crippen molar-refractivity contribution in [1.29, 1.82) is 0 Å². The fourth-order valence-corrected chi connectivity index (χ4v) is 6.42. The first-order valence-corrected chi connectivity index (χ1v) is 13.9. The molecule has 20 aromatic carbocycles. The highest BCUT2D eigenvalue weighted by molar-refractivity contribution is 6.05. The lowest BCUT2D eigenvalue weighted by Gasteiger charge is -2.06. The highest BCUT2D eigenvalue weighted by Gasteiger charge is 2.03. The van der Waals surface area contributed by atoms with Crippen molar-refractivity contribution in [1.82, 2.24) is 0 Å². The second-order valence-electron chi connectivity index (χ2n) is 11.1. The third kappa shape index (κ3) is 3.40. The Bertz CT molecular complexity index is 1840. The first-order valence-electron chi connectivity index (χ1n) is 13.9. The van der Waals surface area contributed by atoms with E-state index < -0.39 is 0 Å². The lowest BCUT2D eigenvalue weighted by atomic mass is 9.99. The molecule has 0 aliphatic carbocycles. The van der Waals surface area contributed by atoms with Crippen LogP contribution in [0.5, 0.6) is 0 Å². The van der Waals surface area contributed by atoms with E-state index in [0.29, 0.717) is 0 Å². The molecule has 20 aromatic rings. The quantitative estimate of drug-likeness (QED) is 0.193. The lowest BCUT2D eigenvalue weighted by molar-refractivity contribution is 1.79. The zero-order valence-corrected chi connectivity index (χ0v) is 21.9. The summed E-state index contributed by atoms with van der Waals surface area (Å²) in [6.07, 6.45) is 0. The molecule has 0 saturated heterocycles. The Balaban J connectivity index is 1.77. The smallest absolute Gasteiger partial charge is 0.0177 e. The van der Waals surface area contributed by atoms with Crippen molar-refractivity contribution < 1.29 is 0 Å². The maximum absolute atomic E-state index is 2.33. The summed E-state index contributed by atoms with van der Waals surface area (Å²) in [5, 5.41) is 19.5. The predicted molar refractivity (Wildman–Crippen MR) is 175 cm³/mol. The van der Waals surface area contributed by atoms with Crippen LogP contribution < -0.4 is 0 Å². The van der Waals surface area contributed by atoms with Gasteiger partial charge in [-0.3, -0.25) is 0 Å². The van der Waals surface area contributed by atoms with Crippen molar-refractivity contribution >= 4 is 86.2 Å². The van der Waals surface area contributed by atoms with Crippen LogP contribution >= 0.6 is 0 Å². The van der Waals surface area contributed by atoms with Gasteiger partial charge in [-0.2, -0.15) is 0 Å². The van der Waals surface area contributed by atoms with Crippen molar-refractivity contribution in [2.75, 3.05) is 0 Å². The normalized spacial score (nSPS) is 12.0. The van der Waals surface area contributed by atoms with E-state index in [-0.39, 0.29) is 0 Å². The maximum Gasteiger partial charge on any atom is -0.0177 e. The molecule has 0 atom stereocenters. The van der Waals surface area contributed by atoms with Gasteiger partial charge in [-0.1, -0.05) is 97.1 Å². The fourth-order valence-electron chi connectivity index (χ4n) is 6.42. The zero-order chi connectivity index (χ0) is 26.2. The molecular formula is C40H24. The molecule has 0 amide bonds. The third-order valence-electron chi connectivity index (χ3n) is 8.69. The molecule has 0 heterocycles. The Kier molecular flexibility index (Phi) is 4.42. The number of benzene rings is 4. The standard InChI is InChI=1S/C40H24/c1-2-26-18-30-9-11-37-24-39-14-13-36-22-34-7-5-28-17-25(1)27-3-4-32(36)21-38(34)15-16-40(37)23-35(39)8-6-29(26)20-33(30)12-10-31(28)19-27/h1-24H. The average Bonchev–Trinajstić information content (AvgIpc) is 2.94. The Morgan fingerprint density at radius 3 is 0.275 bits per heavy atom. The summed E-state index contributed by atoms with van der Waals surface area (Å²) in [7, 11) is 0. The van der Waals surface area contributed by atoms with Crippen LogP contribution in [0.2, 0.25) is 0 Å². The molecule has 0 N–H and O–H groups in total. The minimum atomic E-state index is 1.22. The van der Waals surface area contributed by atoms with E-state index in [9.17, 15) is 0 Å². The molecule has 0 spiro atoms. The lowest BCUT2D eigenvalue weighted by Crippen LogP contribution is -1.79. The van der Waals surface area contributed by atoms with Crippen LogP contribution in [-0.4, -0.2) is 0 Å². The summed E-state index contributed by atoms with van der Waals surface area (Å²) in [5.41, 5.74) is 0. The van der Waals surface area contributed by atoms with Crippen LogP contribution in [0, 0.1) is 0 Å². The Labute approximate surface area is 231 Å². The van der Waals surface area contributed by atoms with Crippen LogP contribution in [0.3, 0.4) is 0 Å². The molecule has 0 heteroatoms. The molecule has 0 nitrogen and oxygen atoms in total. The zero-order valence-electron chi connectivity index (χ0n) is 21.9. The molecule has 0 unspecified atom stereocenters. The van der Waals surface area contributed by atoms with Gasteiger partial charge in [-0.25, -0.2) is 0 Å². The second-order valence-corrected chi connectivity index (χ2v) is 11.1. The van der Waals surface area contributed by atoms with Gasteiger partial charge in [-0.15, -0.1) is 0 Å². The molecule has 0 saturated carbocycles. The van der Waals surface area contributed by atoms with E-state index in [1.807, 2.05) is 0 Å². The predicted octanol–water partition coefficient (Wildman–Crippen LogP) is 11.5. The SMILES string of the molecule is c1cc2cc3ccc4cc5ccc6cc7ccc8cc1c1ccc6cc7ccc4cc5ccc2cc3ccc8c1. The summed E-state index contributed by atoms with van der Waals surface area (Å²) in [6.45, 7) is 0. The summed E-state index contributed by atoms with van der Waals surface area (Å²) >= 11 is 0. The fraction of sp³-hybridized carbons (Fsp3) is 0. The number of rotatable bonds is 0. The van der Waals surface area contributed by atoms with E-state index in [1.54, 1.807) is 0 Å². The van der Waals surface area contributed by atoms with Gasteiger partial charge in [0, 0.05) is 0 Å². The molecular weight excluding hydrogens is 480 g/mol. The van der Waals surface area contributed by atoms with Crippen LogP contribution in [-0.2, 0) is 0 Å². The molecule has 16 bridgehead atoms. The van der Waals surface area contributed by atoms with Crippen molar-refractivity contribution in [3.05, 3.63) is 146 Å². The highest BCUT2D eigenvalue weighted by Crippen LogP contribution is 2.30. The Morgan fingerprint density at radius 1 is 0.125 bits per heavy atom. The summed E-state index contributed by atoms with van der Waals surface area (Å²) in [5.74, 6) is 0. The molecule has 0 aromatic heterocycles. The monoisotopic (exact) mass is 504 g/mol. The molecule has 0 aliphatic rings. The topological polar surface area (TPSA) is 0 Å². The van der Waals surface area contributed by atoms with Gasteiger partial charge in [0.25, 0.3) is 0 Å². The summed E-state index contributed by atoms with van der Waals surface area (Å²) in [6, 6.07) is 55.2. The second kappa shape index (κ2) is 8.15. The Hall–Kier alpha value is -5.20. The van der Waals surface area contributed by atoms with E-state index in [1.165, 1.54) is 86.2 Å². The number of hydrogen-bond donors (Lipinski definition) is 0. The van der Waals surface area contributed by atoms with Crippen molar-refractivity contribution in [3.63, 3.8) is 0 Å². The van der Waals surface area contributed by atoms with Crippen LogP contribution in [0.15, 0.2) is 146 Å². The van der Waals surface area contributed by atoms with Crippen LogP contribution in [0.4, 0.5) is 0 Å². The molecule has 0 aliphatic heterocycles. The van der Waals surface area contributed by atoms with Gasteiger partial charge < -0.3 is 0 Å². The van der Waals surface area contributed by atoms with Crippen molar-refractivity contribution in [2.45, 2.75) is 0 Å². The van der Waals surface area contributed by atoms with Gasteiger partial charge in [0.2, 0.25) is 0 Å². The highest BCUT2D eigenvalue weighted by atomic mass is 14.1. The van der Waals surface area contributed by atoms with Crippen molar-refractivity contribution in [2.24, 2.45) is 0 Å². The molecule has 40 heavy (non-hydrogen) atoms. The molecule has 184 valence electrons. The molecule has 0 radical (unpaired) electrons. The minimum absolute atomic E-state index is 1.22.